The van der Waals surface area contributed by atoms with Crippen molar-refractivity contribution in [2.75, 3.05) is 18.6 Å². The molecule has 0 unspecified atom stereocenters. The number of para-hydroxylation sites is 1. The van der Waals surface area contributed by atoms with Crippen LogP contribution in [0.15, 0.2) is 36.4 Å². The highest BCUT2D eigenvalue weighted by molar-refractivity contribution is 6.08. The molecule has 1 aromatic rings. The van der Waals surface area contributed by atoms with Crippen LogP contribution in [0.5, 0.6) is 0 Å². The highest BCUT2D eigenvalue weighted by Crippen LogP contribution is 2.21. The van der Waals surface area contributed by atoms with Gasteiger partial charge in [0.05, 0.1) is 17.9 Å². The van der Waals surface area contributed by atoms with E-state index in [2.05, 4.69) is 6.58 Å². The fraction of sp³-hybridized carbons (Fsp3) is 0.286. The van der Waals surface area contributed by atoms with Gasteiger partial charge in [-0.3, -0.25) is 4.79 Å². The fourth-order valence-corrected chi connectivity index (χ4v) is 1.54. The predicted molar refractivity (Wildman–Crippen MR) is 70.6 cm³/mol. The number of likely N-dealkylation sites (N-methyl/N-ethyl adjacent to an activating group) is 1. The molecule has 0 bridgehead atoms. The fourth-order valence-electron chi connectivity index (χ4n) is 1.54. The first kappa shape index (κ1) is 14.0. The maximum Gasteiger partial charge on any atom is 0.340 e. The third kappa shape index (κ3) is 2.97. The number of hydrogen-bond donors (Lipinski definition) is 0. The first-order valence-corrected chi connectivity index (χ1v) is 5.68. The minimum Gasteiger partial charge on any atom is -0.462 e. The van der Waals surface area contributed by atoms with Crippen molar-refractivity contribution in [1.29, 1.82) is 0 Å². The molecule has 1 amide bonds. The zero-order chi connectivity index (χ0) is 13.7. The number of carbonyl (C=O) groups is 2. The molecular formula is C14H17NO3. The molecule has 0 atom stereocenters. The van der Waals surface area contributed by atoms with Crippen LogP contribution in [0, 0.1) is 0 Å². The molecule has 0 saturated carbocycles. The second-order valence-corrected chi connectivity index (χ2v) is 3.88. The van der Waals surface area contributed by atoms with Gasteiger partial charge in [-0.25, -0.2) is 4.79 Å². The van der Waals surface area contributed by atoms with Crippen LogP contribution in [-0.2, 0) is 9.53 Å². The third-order valence-electron chi connectivity index (χ3n) is 2.43. The lowest BCUT2D eigenvalue weighted by Crippen LogP contribution is -2.28. The van der Waals surface area contributed by atoms with Crippen molar-refractivity contribution in [3.63, 3.8) is 0 Å². The van der Waals surface area contributed by atoms with E-state index >= 15 is 0 Å². The summed E-state index contributed by atoms with van der Waals surface area (Å²) in [4.78, 5) is 25.0. The smallest absolute Gasteiger partial charge is 0.340 e. The van der Waals surface area contributed by atoms with Gasteiger partial charge >= 0.3 is 5.97 Å². The number of carbonyl (C=O) groups excluding carboxylic acids is 2. The Kier molecular flexibility index (Phi) is 4.66. The minimum atomic E-state index is -0.436. The van der Waals surface area contributed by atoms with E-state index in [1.807, 2.05) is 0 Å². The van der Waals surface area contributed by atoms with Gasteiger partial charge in [0.25, 0.3) is 5.91 Å². The first-order chi connectivity index (χ1) is 8.49. The van der Waals surface area contributed by atoms with Crippen LogP contribution >= 0.6 is 0 Å². The standard InChI is InChI=1S/C14H17NO3/c1-5-18-14(17)11-8-6-7-9-12(11)15(4)13(16)10(2)3/h6-9H,2,5H2,1,3-4H3. The van der Waals surface area contributed by atoms with E-state index in [-0.39, 0.29) is 5.91 Å². The quantitative estimate of drug-likeness (QED) is 0.606. The van der Waals surface area contributed by atoms with Gasteiger partial charge in [-0.05, 0) is 26.0 Å². The molecule has 0 radical (unpaired) electrons. The van der Waals surface area contributed by atoms with Crippen molar-refractivity contribution >= 4 is 17.6 Å². The van der Waals surface area contributed by atoms with Crippen molar-refractivity contribution in [2.45, 2.75) is 13.8 Å². The van der Waals surface area contributed by atoms with Gasteiger partial charge in [-0.15, -0.1) is 0 Å². The van der Waals surface area contributed by atoms with Crippen molar-refractivity contribution in [1.82, 2.24) is 0 Å². The Morgan fingerprint density at radius 3 is 2.50 bits per heavy atom. The Bertz CT molecular complexity index is 480. The lowest BCUT2D eigenvalue weighted by molar-refractivity contribution is -0.114. The van der Waals surface area contributed by atoms with Gasteiger partial charge < -0.3 is 9.64 Å². The largest absolute Gasteiger partial charge is 0.462 e. The number of anilines is 1. The molecule has 4 nitrogen and oxygen atoms in total. The summed E-state index contributed by atoms with van der Waals surface area (Å²) in [5, 5.41) is 0. The molecule has 4 heteroatoms. The first-order valence-electron chi connectivity index (χ1n) is 5.68. The summed E-state index contributed by atoms with van der Waals surface area (Å²) in [7, 11) is 1.61. The van der Waals surface area contributed by atoms with Crippen LogP contribution in [0.1, 0.15) is 24.2 Å². The van der Waals surface area contributed by atoms with Crippen molar-refractivity contribution in [3.05, 3.63) is 42.0 Å². The summed E-state index contributed by atoms with van der Waals surface area (Å²) in [6.07, 6.45) is 0. The lowest BCUT2D eigenvalue weighted by atomic mass is 10.1. The maximum absolute atomic E-state index is 11.9. The van der Waals surface area contributed by atoms with E-state index in [1.165, 1.54) is 4.90 Å². The normalized spacial score (nSPS) is 9.72. The van der Waals surface area contributed by atoms with Gasteiger partial charge in [-0.1, -0.05) is 18.7 Å². The van der Waals surface area contributed by atoms with E-state index < -0.39 is 5.97 Å². The summed E-state index contributed by atoms with van der Waals surface area (Å²) in [6, 6.07) is 6.83. The number of amides is 1. The third-order valence-corrected chi connectivity index (χ3v) is 2.43. The van der Waals surface area contributed by atoms with Crippen LogP contribution in [0.3, 0.4) is 0 Å². The highest BCUT2D eigenvalue weighted by Gasteiger charge is 2.19. The second kappa shape index (κ2) is 6.00. The van der Waals surface area contributed by atoms with Crippen molar-refractivity contribution in [2.24, 2.45) is 0 Å². The molecule has 0 fully saturated rings. The molecule has 1 aromatic carbocycles. The second-order valence-electron chi connectivity index (χ2n) is 3.88. The average molecular weight is 247 g/mol. The molecule has 0 N–H and O–H groups in total. The number of hydrogen-bond acceptors (Lipinski definition) is 3. The molecule has 0 aliphatic carbocycles. The van der Waals surface area contributed by atoms with E-state index in [4.69, 9.17) is 4.74 Å². The van der Waals surface area contributed by atoms with Crippen LogP contribution in [0.2, 0.25) is 0 Å². The van der Waals surface area contributed by atoms with E-state index in [0.29, 0.717) is 23.4 Å². The average Bonchev–Trinajstić information content (AvgIpc) is 2.37. The Labute approximate surface area is 107 Å². The van der Waals surface area contributed by atoms with E-state index in [1.54, 1.807) is 45.2 Å². The molecule has 1 rings (SSSR count). The molecule has 0 aromatic heterocycles. The number of esters is 1. The summed E-state index contributed by atoms with van der Waals surface area (Å²) in [5.74, 6) is -0.666. The van der Waals surface area contributed by atoms with Crippen LogP contribution in [0.25, 0.3) is 0 Å². The zero-order valence-corrected chi connectivity index (χ0v) is 10.9. The molecule has 0 saturated heterocycles. The van der Waals surface area contributed by atoms with Crippen molar-refractivity contribution in [3.8, 4) is 0 Å². The topological polar surface area (TPSA) is 46.6 Å². The molecule has 0 aliphatic heterocycles. The monoisotopic (exact) mass is 247 g/mol. The van der Waals surface area contributed by atoms with Gasteiger partial charge in [0.2, 0.25) is 0 Å². The number of benzene rings is 1. The van der Waals surface area contributed by atoms with E-state index in [0.717, 1.165) is 0 Å². The summed E-state index contributed by atoms with van der Waals surface area (Å²) >= 11 is 0. The minimum absolute atomic E-state index is 0.230. The zero-order valence-electron chi connectivity index (χ0n) is 10.9. The molecule has 96 valence electrons. The van der Waals surface area contributed by atoms with Gasteiger partial charge in [0, 0.05) is 12.6 Å². The molecule has 0 aliphatic rings. The Hall–Kier alpha value is -2.10. The maximum atomic E-state index is 11.9. The van der Waals surface area contributed by atoms with Gasteiger partial charge in [0.15, 0.2) is 0 Å². The SMILES string of the molecule is C=C(C)C(=O)N(C)c1ccccc1C(=O)OCC. The Morgan fingerprint density at radius 1 is 1.33 bits per heavy atom. The van der Waals surface area contributed by atoms with Crippen LogP contribution in [0.4, 0.5) is 5.69 Å². The summed E-state index contributed by atoms with van der Waals surface area (Å²) in [5.41, 5.74) is 1.30. The van der Waals surface area contributed by atoms with E-state index in [9.17, 15) is 9.59 Å². The predicted octanol–water partition coefficient (Wildman–Crippen LogP) is 2.40. The van der Waals surface area contributed by atoms with Gasteiger partial charge in [-0.2, -0.15) is 0 Å². The number of ether oxygens (including phenoxy) is 1. The summed E-state index contributed by atoms with van der Waals surface area (Å²) in [6.45, 7) is 7.27. The highest BCUT2D eigenvalue weighted by atomic mass is 16.5. The van der Waals surface area contributed by atoms with Crippen LogP contribution < -0.4 is 4.90 Å². The molecule has 18 heavy (non-hydrogen) atoms. The number of rotatable bonds is 4. The van der Waals surface area contributed by atoms with Crippen molar-refractivity contribution < 1.29 is 14.3 Å². The Balaban J connectivity index is 3.13. The lowest BCUT2D eigenvalue weighted by Gasteiger charge is -2.19. The van der Waals surface area contributed by atoms with Crippen LogP contribution in [-0.4, -0.2) is 25.5 Å². The molecule has 0 spiro atoms. The number of nitrogens with zero attached hydrogens (tertiary/aromatic N) is 1. The summed E-state index contributed by atoms with van der Waals surface area (Å²) < 4.78 is 4.96. The Morgan fingerprint density at radius 2 is 1.94 bits per heavy atom. The molecular weight excluding hydrogens is 230 g/mol. The molecule has 0 heterocycles. The van der Waals surface area contributed by atoms with Gasteiger partial charge in [0.1, 0.15) is 0 Å².